The first kappa shape index (κ1) is 25.7. The SMILES string of the molecule is CNCc1cccc(-c2ccc(O)c3c2CC2CC4C(C(=O)C(C(N)=O)=C(O)[C@H]4N(C)C)C(=O)C2=C3O)c1. The molecule has 1 amide bonds. The van der Waals surface area contributed by atoms with E-state index in [1.807, 2.05) is 31.3 Å². The van der Waals surface area contributed by atoms with E-state index in [-0.39, 0.29) is 22.6 Å². The summed E-state index contributed by atoms with van der Waals surface area (Å²) in [5.74, 6) is -5.78. The van der Waals surface area contributed by atoms with Gasteiger partial charge in [0.1, 0.15) is 22.8 Å². The lowest BCUT2D eigenvalue weighted by atomic mass is 9.59. The molecule has 0 aliphatic heterocycles. The molecule has 2 aromatic carbocycles. The summed E-state index contributed by atoms with van der Waals surface area (Å²) < 4.78 is 0. The van der Waals surface area contributed by atoms with Crippen molar-refractivity contribution in [3.05, 3.63) is 70.0 Å². The number of phenolic OH excluding ortho intramolecular Hbond substituents is 1. The zero-order valence-electron chi connectivity index (χ0n) is 21.5. The van der Waals surface area contributed by atoms with E-state index in [1.165, 1.54) is 6.07 Å². The summed E-state index contributed by atoms with van der Waals surface area (Å²) in [5, 5.41) is 36.2. The third kappa shape index (κ3) is 3.81. The van der Waals surface area contributed by atoms with Crippen LogP contribution in [0, 0.1) is 17.8 Å². The number of amides is 1. The second-order valence-electron chi connectivity index (χ2n) is 10.5. The Balaban J connectivity index is 1.66. The van der Waals surface area contributed by atoms with Crippen LogP contribution >= 0.6 is 0 Å². The molecule has 38 heavy (non-hydrogen) atoms. The fourth-order valence-corrected chi connectivity index (χ4v) is 6.59. The lowest BCUT2D eigenvalue weighted by Gasteiger charge is -2.46. The number of carbonyl (C=O) groups excluding carboxylic acids is 3. The summed E-state index contributed by atoms with van der Waals surface area (Å²) in [6.45, 7) is 0.674. The first-order valence-corrected chi connectivity index (χ1v) is 12.6. The standard InChI is InChI=1S/C29H31N3O6/c1-31-12-13-5-4-6-14(9-13)16-7-8-19(33)21-17(16)10-15-11-18-22(26(35)20(15)25(21)34)27(36)23(29(30)38)28(37)24(18)32(2)3/h4-9,15,18,22,24,31,33-34,37H,10-12H2,1-3H3,(H2,30,38)/t15?,18?,22?,24-/m0/s1. The van der Waals surface area contributed by atoms with Crippen molar-refractivity contribution in [2.45, 2.75) is 25.4 Å². The van der Waals surface area contributed by atoms with Gasteiger partial charge in [-0.1, -0.05) is 24.3 Å². The number of nitrogens with one attached hydrogen (secondary N) is 1. The smallest absolute Gasteiger partial charge is 0.255 e. The van der Waals surface area contributed by atoms with Crippen LogP contribution < -0.4 is 11.1 Å². The minimum Gasteiger partial charge on any atom is -0.510 e. The number of likely N-dealkylation sites (N-methyl/N-ethyl adjacent to an activating group) is 1. The van der Waals surface area contributed by atoms with Gasteiger partial charge in [0.15, 0.2) is 11.6 Å². The Hall–Kier alpha value is -3.95. The molecule has 3 aliphatic carbocycles. The van der Waals surface area contributed by atoms with Gasteiger partial charge in [0.25, 0.3) is 5.91 Å². The van der Waals surface area contributed by atoms with Gasteiger partial charge in [0.05, 0.1) is 17.5 Å². The fourth-order valence-electron chi connectivity index (χ4n) is 6.59. The number of aliphatic hydroxyl groups excluding tert-OH is 2. The number of nitrogens with two attached hydrogens (primary N) is 1. The summed E-state index contributed by atoms with van der Waals surface area (Å²) in [7, 11) is 5.26. The van der Waals surface area contributed by atoms with Crippen molar-refractivity contribution in [1.82, 2.24) is 10.2 Å². The molecule has 198 valence electrons. The first-order valence-electron chi connectivity index (χ1n) is 12.6. The summed E-state index contributed by atoms with van der Waals surface area (Å²) in [4.78, 5) is 40.9. The van der Waals surface area contributed by atoms with E-state index in [4.69, 9.17) is 5.73 Å². The molecular formula is C29H31N3O6. The monoisotopic (exact) mass is 517 g/mol. The minimum absolute atomic E-state index is 0.0752. The van der Waals surface area contributed by atoms with Crippen molar-refractivity contribution in [2.75, 3.05) is 21.1 Å². The molecule has 1 fully saturated rings. The van der Waals surface area contributed by atoms with Gasteiger partial charge < -0.3 is 26.4 Å². The van der Waals surface area contributed by atoms with Crippen molar-refractivity contribution >= 4 is 23.2 Å². The number of phenols is 1. The zero-order valence-corrected chi connectivity index (χ0v) is 21.5. The number of Topliss-reactive ketones (excluding diaryl/α,β-unsaturated/α-hetero) is 2. The van der Waals surface area contributed by atoms with Crippen LogP contribution in [0.25, 0.3) is 16.9 Å². The van der Waals surface area contributed by atoms with Gasteiger partial charge in [-0.15, -0.1) is 0 Å². The highest BCUT2D eigenvalue weighted by atomic mass is 16.3. The number of carbonyl (C=O) groups is 3. The molecule has 0 saturated heterocycles. The summed E-state index contributed by atoms with van der Waals surface area (Å²) in [6.07, 6.45) is 0.667. The second kappa shape index (κ2) is 9.41. The Kier molecular flexibility index (Phi) is 6.36. The molecule has 0 radical (unpaired) electrons. The van der Waals surface area contributed by atoms with Gasteiger partial charge in [-0.05, 0) is 80.2 Å². The highest BCUT2D eigenvalue weighted by Crippen LogP contribution is 2.51. The third-order valence-corrected chi connectivity index (χ3v) is 8.07. The van der Waals surface area contributed by atoms with Crippen LogP contribution in [0.15, 0.2) is 53.3 Å². The van der Waals surface area contributed by atoms with E-state index >= 15 is 0 Å². The van der Waals surface area contributed by atoms with Gasteiger partial charge in [0, 0.05) is 12.1 Å². The molecule has 6 N–H and O–H groups in total. The van der Waals surface area contributed by atoms with Gasteiger partial charge in [0.2, 0.25) is 0 Å². The largest absolute Gasteiger partial charge is 0.510 e. The van der Waals surface area contributed by atoms with Crippen LogP contribution in [0.2, 0.25) is 0 Å². The number of aliphatic hydroxyl groups is 2. The van der Waals surface area contributed by atoms with Crippen molar-refractivity contribution < 1.29 is 29.7 Å². The third-order valence-electron chi connectivity index (χ3n) is 8.07. The number of aromatic hydroxyl groups is 1. The molecule has 9 nitrogen and oxygen atoms in total. The van der Waals surface area contributed by atoms with Crippen molar-refractivity contribution in [1.29, 1.82) is 0 Å². The number of hydrogen-bond acceptors (Lipinski definition) is 8. The topological polar surface area (TPSA) is 153 Å². The van der Waals surface area contributed by atoms with Crippen LogP contribution in [-0.2, 0) is 27.3 Å². The van der Waals surface area contributed by atoms with Crippen LogP contribution in [-0.4, -0.2) is 64.9 Å². The van der Waals surface area contributed by atoms with Crippen LogP contribution in [0.1, 0.15) is 23.1 Å². The molecule has 9 heteroatoms. The first-order chi connectivity index (χ1) is 18.1. The number of primary amides is 1. The number of rotatable bonds is 5. The van der Waals surface area contributed by atoms with E-state index in [9.17, 15) is 29.7 Å². The van der Waals surface area contributed by atoms with E-state index in [0.29, 0.717) is 24.9 Å². The van der Waals surface area contributed by atoms with E-state index in [1.54, 1.807) is 25.1 Å². The molecule has 3 unspecified atom stereocenters. The maximum absolute atomic E-state index is 13.8. The predicted octanol–water partition coefficient (Wildman–Crippen LogP) is 2.24. The molecule has 4 atom stereocenters. The Morgan fingerprint density at radius 1 is 1.11 bits per heavy atom. The van der Waals surface area contributed by atoms with Crippen molar-refractivity contribution in [3.8, 4) is 16.9 Å². The second-order valence-corrected chi connectivity index (χ2v) is 10.5. The van der Waals surface area contributed by atoms with Crippen molar-refractivity contribution in [3.63, 3.8) is 0 Å². The van der Waals surface area contributed by atoms with Gasteiger partial charge in [-0.3, -0.25) is 19.3 Å². The number of fused-ring (bicyclic) bond motifs is 3. The molecule has 3 aliphatic rings. The average Bonchev–Trinajstić information content (AvgIpc) is 2.83. The number of ketones is 2. The fraction of sp³-hybridized carbons (Fsp3) is 0.345. The lowest BCUT2D eigenvalue weighted by Crippen LogP contribution is -2.55. The quantitative estimate of drug-likeness (QED) is 0.299. The molecule has 5 rings (SSSR count). The van der Waals surface area contributed by atoms with Gasteiger partial charge in [-0.25, -0.2) is 0 Å². The van der Waals surface area contributed by atoms with E-state index in [2.05, 4.69) is 5.32 Å². The Morgan fingerprint density at radius 3 is 2.50 bits per heavy atom. The Morgan fingerprint density at radius 2 is 1.84 bits per heavy atom. The summed E-state index contributed by atoms with van der Waals surface area (Å²) in [5.41, 5.74) is 8.63. The van der Waals surface area contributed by atoms with E-state index < -0.39 is 52.6 Å². The van der Waals surface area contributed by atoms with E-state index in [0.717, 1.165) is 16.7 Å². The summed E-state index contributed by atoms with van der Waals surface area (Å²) in [6, 6.07) is 10.5. The number of nitrogens with zero attached hydrogens (tertiary/aromatic N) is 1. The summed E-state index contributed by atoms with van der Waals surface area (Å²) >= 11 is 0. The predicted molar refractivity (Wildman–Crippen MR) is 141 cm³/mol. The van der Waals surface area contributed by atoms with Gasteiger partial charge >= 0.3 is 0 Å². The molecule has 0 heterocycles. The molecule has 1 saturated carbocycles. The maximum atomic E-state index is 13.8. The number of hydrogen-bond donors (Lipinski definition) is 5. The highest BCUT2D eigenvalue weighted by molar-refractivity contribution is 6.28. The lowest BCUT2D eigenvalue weighted by molar-refractivity contribution is -0.136. The molecular weight excluding hydrogens is 486 g/mol. The van der Waals surface area contributed by atoms with Gasteiger partial charge in [-0.2, -0.15) is 0 Å². The molecule has 2 aromatic rings. The van der Waals surface area contributed by atoms with Crippen LogP contribution in [0.3, 0.4) is 0 Å². The zero-order chi connectivity index (χ0) is 27.5. The number of allylic oxidation sites excluding steroid dienone is 1. The average molecular weight is 518 g/mol. The maximum Gasteiger partial charge on any atom is 0.255 e. The Labute approximate surface area is 220 Å². The number of benzene rings is 2. The van der Waals surface area contributed by atoms with Crippen LogP contribution in [0.4, 0.5) is 0 Å². The molecule has 0 spiro atoms. The molecule has 0 aromatic heterocycles. The molecule has 0 bridgehead atoms. The van der Waals surface area contributed by atoms with Crippen LogP contribution in [0.5, 0.6) is 5.75 Å². The Bertz CT molecular complexity index is 1440. The highest BCUT2D eigenvalue weighted by Gasteiger charge is 2.55. The van der Waals surface area contributed by atoms with Crippen molar-refractivity contribution in [2.24, 2.45) is 23.5 Å². The normalized spacial score (nSPS) is 24.8. The minimum atomic E-state index is -1.26.